The second-order valence-electron chi connectivity index (χ2n) is 5.02. The predicted molar refractivity (Wildman–Crippen MR) is 71.5 cm³/mol. The Hall–Kier alpha value is -0.380. The van der Waals surface area contributed by atoms with Crippen molar-refractivity contribution in [2.24, 2.45) is 0 Å². The molecular formula is C14H22O2S. The van der Waals surface area contributed by atoms with E-state index in [4.69, 9.17) is 4.74 Å². The number of thiophene rings is 1. The maximum atomic E-state index is 10.7. The van der Waals surface area contributed by atoms with E-state index in [2.05, 4.69) is 6.92 Å². The molecular weight excluding hydrogens is 232 g/mol. The van der Waals surface area contributed by atoms with E-state index in [-0.39, 0.29) is 5.60 Å². The van der Waals surface area contributed by atoms with Gasteiger partial charge >= 0.3 is 0 Å². The van der Waals surface area contributed by atoms with Crippen LogP contribution in [-0.4, -0.2) is 17.8 Å². The third kappa shape index (κ3) is 2.56. The van der Waals surface area contributed by atoms with E-state index in [1.54, 1.807) is 18.4 Å². The van der Waals surface area contributed by atoms with Gasteiger partial charge in [-0.15, -0.1) is 11.3 Å². The molecule has 1 aliphatic rings. The Bertz CT molecular complexity index is 351. The Balaban J connectivity index is 2.24. The van der Waals surface area contributed by atoms with E-state index < -0.39 is 6.10 Å². The quantitative estimate of drug-likeness (QED) is 0.831. The summed E-state index contributed by atoms with van der Waals surface area (Å²) in [5.74, 6) is 0. The molecule has 0 spiro atoms. The van der Waals surface area contributed by atoms with E-state index in [0.717, 1.165) is 31.2 Å². The summed E-state index contributed by atoms with van der Waals surface area (Å²) in [6.45, 7) is 2.07. The maximum absolute atomic E-state index is 10.7. The summed E-state index contributed by atoms with van der Waals surface area (Å²) in [6.07, 6.45) is 6.32. The van der Waals surface area contributed by atoms with Crippen molar-refractivity contribution < 1.29 is 9.84 Å². The molecule has 0 saturated heterocycles. The molecule has 1 unspecified atom stereocenters. The van der Waals surface area contributed by atoms with Crippen LogP contribution in [0, 0.1) is 6.92 Å². The molecule has 2 nitrogen and oxygen atoms in total. The molecule has 1 aromatic heterocycles. The van der Waals surface area contributed by atoms with E-state index in [1.807, 2.05) is 11.4 Å². The Morgan fingerprint density at radius 1 is 1.29 bits per heavy atom. The van der Waals surface area contributed by atoms with Crippen molar-refractivity contribution in [3.05, 3.63) is 21.9 Å². The van der Waals surface area contributed by atoms with Gasteiger partial charge in [0.05, 0.1) is 5.60 Å². The van der Waals surface area contributed by atoms with E-state index in [9.17, 15) is 5.11 Å². The highest BCUT2D eigenvalue weighted by Crippen LogP contribution is 2.41. The molecule has 3 heteroatoms. The maximum Gasteiger partial charge on any atom is 0.109 e. The van der Waals surface area contributed by atoms with Crippen LogP contribution in [0.3, 0.4) is 0 Å². The first-order valence-electron chi connectivity index (χ1n) is 6.47. The average molecular weight is 254 g/mol. The van der Waals surface area contributed by atoms with E-state index in [1.165, 1.54) is 17.7 Å². The van der Waals surface area contributed by atoms with Crippen LogP contribution in [0.5, 0.6) is 0 Å². The van der Waals surface area contributed by atoms with Crippen molar-refractivity contribution in [1.82, 2.24) is 0 Å². The summed E-state index contributed by atoms with van der Waals surface area (Å²) >= 11 is 1.70. The summed E-state index contributed by atoms with van der Waals surface area (Å²) in [7, 11) is 1.75. The zero-order valence-electron chi connectivity index (χ0n) is 10.7. The smallest absolute Gasteiger partial charge is 0.109 e. The summed E-state index contributed by atoms with van der Waals surface area (Å²) in [4.78, 5) is 1.21. The van der Waals surface area contributed by atoms with Crippen LogP contribution in [0.4, 0.5) is 0 Å². The summed E-state index contributed by atoms with van der Waals surface area (Å²) < 4.78 is 5.75. The van der Waals surface area contributed by atoms with Gasteiger partial charge in [-0.2, -0.15) is 0 Å². The molecule has 0 bridgehead atoms. The highest BCUT2D eigenvalue weighted by atomic mass is 32.1. The van der Waals surface area contributed by atoms with Crippen molar-refractivity contribution in [1.29, 1.82) is 0 Å². The number of ether oxygens (including phenoxy) is 1. The molecule has 1 N–H and O–H groups in total. The third-order valence-corrected chi connectivity index (χ3v) is 4.91. The van der Waals surface area contributed by atoms with E-state index >= 15 is 0 Å². The molecule has 0 aromatic carbocycles. The number of rotatable bonds is 3. The van der Waals surface area contributed by atoms with Gasteiger partial charge in [-0.1, -0.05) is 25.7 Å². The molecule has 17 heavy (non-hydrogen) atoms. The topological polar surface area (TPSA) is 29.5 Å². The molecule has 96 valence electrons. The molecule has 2 rings (SSSR count). The highest BCUT2D eigenvalue weighted by Gasteiger charge is 2.39. The Morgan fingerprint density at radius 3 is 2.41 bits per heavy atom. The lowest BCUT2D eigenvalue weighted by molar-refractivity contribution is -0.114. The Morgan fingerprint density at radius 2 is 1.94 bits per heavy atom. The Labute approximate surface area is 108 Å². The second-order valence-corrected chi connectivity index (χ2v) is 6.14. The largest absolute Gasteiger partial charge is 0.385 e. The number of methoxy groups -OCH3 is 1. The normalized spacial score (nSPS) is 22.1. The van der Waals surface area contributed by atoms with Crippen LogP contribution >= 0.6 is 11.3 Å². The lowest BCUT2D eigenvalue weighted by Gasteiger charge is -2.36. The van der Waals surface area contributed by atoms with Crippen molar-refractivity contribution >= 4 is 11.3 Å². The van der Waals surface area contributed by atoms with Crippen LogP contribution in [-0.2, 0) is 4.74 Å². The van der Waals surface area contributed by atoms with Gasteiger partial charge in [-0.25, -0.2) is 0 Å². The monoisotopic (exact) mass is 254 g/mol. The minimum absolute atomic E-state index is 0.359. The van der Waals surface area contributed by atoms with Crippen molar-refractivity contribution in [2.45, 2.75) is 57.2 Å². The van der Waals surface area contributed by atoms with Crippen molar-refractivity contribution in [3.8, 4) is 0 Å². The van der Waals surface area contributed by atoms with Gasteiger partial charge in [0.2, 0.25) is 0 Å². The number of hydrogen-bond acceptors (Lipinski definition) is 3. The zero-order chi connectivity index (χ0) is 12.3. The summed E-state index contributed by atoms with van der Waals surface area (Å²) in [5.41, 5.74) is 0.696. The number of aryl methyl sites for hydroxylation is 1. The van der Waals surface area contributed by atoms with Gasteiger partial charge in [-0.05, 0) is 36.8 Å². The fourth-order valence-corrected chi connectivity index (χ4v) is 3.61. The molecule has 0 radical (unpaired) electrons. The minimum Gasteiger partial charge on any atom is -0.385 e. The molecule has 1 atom stereocenters. The zero-order valence-corrected chi connectivity index (χ0v) is 11.6. The summed E-state index contributed by atoms with van der Waals surface area (Å²) in [6, 6.07) is 2.04. The lowest BCUT2D eigenvalue weighted by Crippen LogP contribution is -2.38. The molecule has 1 fully saturated rings. The first kappa shape index (κ1) is 13.1. The lowest BCUT2D eigenvalue weighted by atomic mass is 9.84. The number of aliphatic hydroxyl groups is 1. The molecule has 1 aromatic rings. The molecule has 1 heterocycles. The SMILES string of the molecule is COC1(C(O)c2ccsc2C)CCCCCC1. The molecule has 1 saturated carbocycles. The van der Waals surface area contributed by atoms with Gasteiger partial charge in [0, 0.05) is 12.0 Å². The van der Waals surface area contributed by atoms with Crippen LogP contribution < -0.4 is 0 Å². The fourth-order valence-electron chi connectivity index (χ4n) is 2.88. The predicted octanol–water partition coefficient (Wildman–Crippen LogP) is 3.83. The van der Waals surface area contributed by atoms with Gasteiger partial charge < -0.3 is 9.84 Å². The van der Waals surface area contributed by atoms with E-state index in [0.29, 0.717) is 0 Å². The average Bonchev–Trinajstić information content (AvgIpc) is 2.64. The van der Waals surface area contributed by atoms with Crippen LogP contribution in [0.1, 0.15) is 55.1 Å². The van der Waals surface area contributed by atoms with Crippen molar-refractivity contribution in [2.75, 3.05) is 7.11 Å². The standard InChI is InChI=1S/C14H22O2S/c1-11-12(7-10-17-11)13(15)14(16-2)8-5-3-4-6-9-14/h7,10,13,15H,3-6,8-9H2,1-2H3. The number of hydrogen-bond donors (Lipinski definition) is 1. The fraction of sp³-hybridized carbons (Fsp3) is 0.714. The minimum atomic E-state index is -0.475. The first-order valence-corrected chi connectivity index (χ1v) is 7.35. The Kier molecular flexibility index (Phi) is 4.23. The van der Waals surface area contributed by atoms with Crippen LogP contribution in [0.2, 0.25) is 0 Å². The van der Waals surface area contributed by atoms with Crippen molar-refractivity contribution in [3.63, 3.8) is 0 Å². The van der Waals surface area contributed by atoms with Gasteiger partial charge in [0.1, 0.15) is 6.10 Å². The highest BCUT2D eigenvalue weighted by molar-refractivity contribution is 7.10. The third-order valence-electron chi connectivity index (χ3n) is 4.05. The van der Waals surface area contributed by atoms with Crippen LogP contribution in [0.15, 0.2) is 11.4 Å². The molecule has 0 amide bonds. The molecule has 1 aliphatic carbocycles. The first-order chi connectivity index (χ1) is 8.19. The van der Waals surface area contributed by atoms with Gasteiger partial charge in [0.15, 0.2) is 0 Å². The second kappa shape index (κ2) is 5.51. The number of aliphatic hydroxyl groups excluding tert-OH is 1. The van der Waals surface area contributed by atoms with Gasteiger partial charge in [-0.3, -0.25) is 0 Å². The van der Waals surface area contributed by atoms with Gasteiger partial charge in [0.25, 0.3) is 0 Å². The molecule has 0 aliphatic heterocycles. The summed E-state index contributed by atoms with van der Waals surface area (Å²) in [5, 5.41) is 12.7. The van der Waals surface area contributed by atoms with Crippen LogP contribution in [0.25, 0.3) is 0 Å².